The van der Waals surface area contributed by atoms with Crippen LogP contribution in [0, 0.1) is 0 Å². The molecule has 2 aromatic carbocycles. The normalized spacial score (nSPS) is 13.8. The summed E-state index contributed by atoms with van der Waals surface area (Å²) in [4.78, 5) is 0. The van der Waals surface area contributed by atoms with E-state index in [0.29, 0.717) is 11.3 Å². The Labute approximate surface area is 127 Å². The lowest BCUT2D eigenvalue weighted by Gasteiger charge is -2.24. The largest absolute Gasteiger partial charge is 0.490 e. The monoisotopic (exact) mass is 336 g/mol. The average molecular weight is 337 g/mol. The maximum Gasteiger partial charge on any atom is 0.125 e. The molecule has 2 N–H and O–H groups in total. The molecule has 1 unspecified atom stereocenters. The molecule has 0 fully saturated rings. The molecule has 106 valence electrons. The zero-order valence-electron chi connectivity index (χ0n) is 11.2. The van der Waals surface area contributed by atoms with Gasteiger partial charge in [-0.3, -0.25) is 0 Å². The molecule has 0 aliphatic carbocycles. The molecule has 0 bridgehead atoms. The second kappa shape index (κ2) is 6.39. The van der Waals surface area contributed by atoms with Crippen LogP contribution < -0.4 is 4.74 Å². The first-order valence-electron chi connectivity index (χ1n) is 6.33. The highest BCUT2D eigenvalue weighted by atomic mass is 79.9. The summed E-state index contributed by atoms with van der Waals surface area (Å²) in [6.45, 7) is 1.72. The van der Waals surface area contributed by atoms with Gasteiger partial charge in [0, 0.05) is 10.0 Å². The summed E-state index contributed by atoms with van der Waals surface area (Å²) in [5.74, 6) is 0.576. The van der Waals surface area contributed by atoms with Crippen LogP contribution in [0.2, 0.25) is 0 Å². The van der Waals surface area contributed by atoms with Crippen LogP contribution in [0.3, 0.4) is 0 Å². The van der Waals surface area contributed by atoms with Crippen molar-refractivity contribution in [2.75, 3.05) is 6.61 Å². The fourth-order valence-corrected chi connectivity index (χ4v) is 2.32. The summed E-state index contributed by atoms with van der Waals surface area (Å²) in [6, 6.07) is 14.8. The van der Waals surface area contributed by atoms with Crippen LogP contribution in [0.5, 0.6) is 5.75 Å². The summed E-state index contributed by atoms with van der Waals surface area (Å²) < 4.78 is 6.55. The van der Waals surface area contributed by atoms with E-state index in [2.05, 4.69) is 15.9 Å². The summed E-state index contributed by atoms with van der Waals surface area (Å²) >= 11 is 3.35. The van der Waals surface area contributed by atoms with Gasteiger partial charge in [-0.25, -0.2) is 0 Å². The van der Waals surface area contributed by atoms with E-state index in [1.807, 2.05) is 36.4 Å². The molecule has 0 radical (unpaired) electrons. The van der Waals surface area contributed by atoms with Gasteiger partial charge >= 0.3 is 0 Å². The van der Waals surface area contributed by atoms with Gasteiger partial charge in [-0.1, -0.05) is 46.3 Å². The second-order valence-corrected chi connectivity index (χ2v) is 5.75. The van der Waals surface area contributed by atoms with Crippen molar-refractivity contribution in [2.45, 2.75) is 19.1 Å². The predicted molar refractivity (Wildman–Crippen MR) is 81.6 cm³/mol. The standard InChI is InChI=1S/C16H17BrO3/c1-16(19,13-5-3-2-4-6-13)11-20-15-8-7-14(17)9-12(15)10-18/h2-9,18-19H,10-11H2,1H3. The Morgan fingerprint density at radius 1 is 1.15 bits per heavy atom. The van der Waals surface area contributed by atoms with Crippen molar-refractivity contribution in [3.63, 3.8) is 0 Å². The number of aliphatic hydroxyl groups is 2. The lowest BCUT2D eigenvalue weighted by molar-refractivity contribution is 0.00695. The third kappa shape index (κ3) is 3.60. The van der Waals surface area contributed by atoms with Gasteiger partial charge < -0.3 is 14.9 Å². The minimum Gasteiger partial charge on any atom is -0.490 e. The minimum atomic E-state index is -1.08. The van der Waals surface area contributed by atoms with E-state index in [4.69, 9.17) is 4.74 Å². The maximum atomic E-state index is 10.5. The third-order valence-corrected chi connectivity index (χ3v) is 3.59. The van der Waals surface area contributed by atoms with Gasteiger partial charge in [-0.2, -0.15) is 0 Å². The van der Waals surface area contributed by atoms with Crippen LogP contribution in [0.4, 0.5) is 0 Å². The predicted octanol–water partition coefficient (Wildman–Crippen LogP) is 3.23. The van der Waals surface area contributed by atoms with Crippen LogP contribution in [0.25, 0.3) is 0 Å². The van der Waals surface area contributed by atoms with E-state index < -0.39 is 5.60 Å². The van der Waals surface area contributed by atoms with Crippen molar-refractivity contribution in [3.05, 3.63) is 64.1 Å². The number of halogens is 1. The molecule has 3 nitrogen and oxygen atoms in total. The zero-order valence-corrected chi connectivity index (χ0v) is 12.8. The number of benzene rings is 2. The lowest BCUT2D eigenvalue weighted by Crippen LogP contribution is -2.29. The molecule has 2 aromatic rings. The van der Waals surface area contributed by atoms with Crippen LogP contribution in [-0.4, -0.2) is 16.8 Å². The Kier molecular flexibility index (Phi) is 4.81. The highest BCUT2D eigenvalue weighted by molar-refractivity contribution is 9.10. The molecule has 0 heterocycles. The first-order valence-corrected chi connectivity index (χ1v) is 7.12. The Bertz CT molecular complexity index is 567. The Balaban J connectivity index is 2.12. The van der Waals surface area contributed by atoms with Crippen LogP contribution >= 0.6 is 15.9 Å². The van der Waals surface area contributed by atoms with Crippen molar-refractivity contribution in [3.8, 4) is 5.75 Å². The number of hydrogen-bond acceptors (Lipinski definition) is 3. The molecule has 0 aromatic heterocycles. The molecule has 0 amide bonds. The van der Waals surface area contributed by atoms with Gasteiger partial charge in [0.25, 0.3) is 0 Å². The minimum absolute atomic E-state index is 0.109. The van der Waals surface area contributed by atoms with E-state index in [0.717, 1.165) is 10.0 Å². The second-order valence-electron chi connectivity index (χ2n) is 4.84. The van der Waals surface area contributed by atoms with Gasteiger partial charge in [0.1, 0.15) is 18.0 Å². The molecule has 0 saturated heterocycles. The van der Waals surface area contributed by atoms with Crippen LogP contribution in [0.15, 0.2) is 53.0 Å². The van der Waals surface area contributed by atoms with Gasteiger partial charge in [0.2, 0.25) is 0 Å². The van der Waals surface area contributed by atoms with Gasteiger partial charge in [0.15, 0.2) is 0 Å². The van der Waals surface area contributed by atoms with Gasteiger partial charge in [0.05, 0.1) is 6.61 Å². The fourth-order valence-electron chi connectivity index (χ4n) is 1.91. The molecule has 0 aliphatic heterocycles. The topological polar surface area (TPSA) is 49.7 Å². The Morgan fingerprint density at radius 3 is 2.50 bits per heavy atom. The summed E-state index contributed by atoms with van der Waals surface area (Å²) in [5.41, 5.74) is 0.395. The van der Waals surface area contributed by atoms with E-state index in [-0.39, 0.29) is 13.2 Å². The fraction of sp³-hybridized carbons (Fsp3) is 0.250. The van der Waals surface area contributed by atoms with Crippen molar-refractivity contribution in [1.82, 2.24) is 0 Å². The van der Waals surface area contributed by atoms with E-state index >= 15 is 0 Å². The molecule has 2 rings (SSSR count). The molecule has 1 atom stereocenters. The first kappa shape index (κ1) is 15.0. The first-order chi connectivity index (χ1) is 9.53. The highest BCUT2D eigenvalue weighted by Crippen LogP contribution is 2.26. The summed E-state index contributed by atoms with van der Waals surface area (Å²) in [6.07, 6.45) is 0. The zero-order chi connectivity index (χ0) is 14.6. The quantitative estimate of drug-likeness (QED) is 0.881. The summed E-state index contributed by atoms with van der Waals surface area (Å²) in [7, 11) is 0. The molecule has 0 saturated carbocycles. The van der Waals surface area contributed by atoms with Gasteiger partial charge in [-0.15, -0.1) is 0 Å². The molecule has 20 heavy (non-hydrogen) atoms. The van der Waals surface area contributed by atoms with Crippen molar-refractivity contribution in [1.29, 1.82) is 0 Å². The number of aliphatic hydroxyl groups excluding tert-OH is 1. The van der Waals surface area contributed by atoms with E-state index in [1.165, 1.54) is 0 Å². The molecule has 0 spiro atoms. The molecular formula is C16H17BrO3. The van der Waals surface area contributed by atoms with E-state index in [1.54, 1.807) is 19.1 Å². The smallest absolute Gasteiger partial charge is 0.125 e. The summed E-state index contributed by atoms with van der Waals surface area (Å²) in [5, 5.41) is 19.8. The SMILES string of the molecule is CC(O)(COc1ccc(Br)cc1CO)c1ccccc1. The highest BCUT2D eigenvalue weighted by Gasteiger charge is 2.24. The van der Waals surface area contributed by atoms with Crippen molar-refractivity contribution < 1.29 is 14.9 Å². The number of hydrogen-bond donors (Lipinski definition) is 2. The average Bonchev–Trinajstić information content (AvgIpc) is 2.46. The van der Waals surface area contributed by atoms with Gasteiger partial charge in [-0.05, 0) is 30.7 Å². The van der Waals surface area contributed by atoms with Crippen molar-refractivity contribution >= 4 is 15.9 Å². The molecule has 0 aliphatic rings. The lowest BCUT2D eigenvalue weighted by atomic mass is 9.97. The Morgan fingerprint density at radius 2 is 1.85 bits per heavy atom. The molecular weight excluding hydrogens is 320 g/mol. The van der Waals surface area contributed by atoms with Crippen molar-refractivity contribution in [2.24, 2.45) is 0 Å². The molecule has 4 heteroatoms. The van der Waals surface area contributed by atoms with Crippen LogP contribution in [0.1, 0.15) is 18.1 Å². The maximum absolute atomic E-state index is 10.5. The number of rotatable bonds is 5. The third-order valence-electron chi connectivity index (χ3n) is 3.10. The number of ether oxygens (including phenoxy) is 1. The van der Waals surface area contributed by atoms with Crippen LogP contribution in [-0.2, 0) is 12.2 Å². The Hall–Kier alpha value is -1.36. The van der Waals surface area contributed by atoms with E-state index in [9.17, 15) is 10.2 Å².